The van der Waals surface area contributed by atoms with Gasteiger partial charge in [-0.05, 0) is 12.8 Å². The lowest BCUT2D eigenvalue weighted by Crippen LogP contribution is -2.42. The zero-order valence-electron chi connectivity index (χ0n) is 11.2. The number of amidine groups is 1. The molecule has 2 rings (SSSR count). The van der Waals surface area contributed by atoms with Crippen LogP contribution in [0.5, 0.6) is 0 Å². The van der Waals surface area contributed by atoms with E-state index in [1.807, 2.05) is 0 Å². The highest BCUT2D eigenvalue weighted by Crippen LogP contribution is 2.09. The molecule has 2 aliphatic heterocycles. The van der Waals surface area contributed by atoms with Gasteiger partial charge in [0.1, 0.15) is 0 Å². The maximum absolute atomic E-state index is 11.5. The Hall–Kier alpha value is -1.57. The van der Waals surface area contributed by atoms with Gasteiger partial charge in [-0.3, -0.25) is 24.7 Å². The molecule has 0 aliphatic carbocycles. The van der Waals surface area contributed by atoms with Crippen molar-refractivity contribution in [1.29, 1.82) is 0 Å². The third-order valence-corrected chi connectivity index (χ3v) is 3.97. The van der Waals surface area contributed by atoms with Crippen molar-refractivity contribution < 1.29 is 14.4 Å². The van der Waals surface area contributed by atoms with E-state index in [1.165, 1.54) is 11.8 Å². The summed E-state index contributed by atoms with van der Waals surface area (Å²) in [5.74, 6) is -0.338. The molecule has 20 heavy (non-hydrogen) atoms. The summed E-state index contributed by atoms with van der Waals surface area (Å²) >= 11 is 1.43. The van der Waals surface area contributed by atoms with E-state index >= 15 is 0 Å². The summed E-state index contributed by atoms with van der Waals surface area (Å²) < 4.78 is 0. The molecule has 0 aromatic heterocycles. The van der Waals surface area contributed by atoms with Crippen LogP contribution in [0.4, 0.5) is 0 Å². The first-order valence-electron chi connectivity index (χ1n) is 6.71. The molecule has 2 N–H and O–H groups in total. The average molecular weight is 298 g/mol. The Labute approximate surface area is 121 Å². The summed E-state index contributed by atoms with van der Waals surface area (Å²) in [4.78, 5) is 40.2. The number of carbonyl (C=O) groups is 3. The molecule has 110 valence electrons. The summed E-state index contributed by atoms with van der Waals surface area (Å²) in [5, 5.41) is 5.51. The highest BCUT2D eigenvalue weighted by atomic mass is 32.2. The fourth-order valence-corrected chi connectivity index (χ4v) is 2.78. The normalized spacial score (nSPS) is 18.1. The Balaban J connectivity index is 1.59. The molecule has 8 heteroatoms. The van der Waals surface area contributed by atoms with Gasteiger partial charge in [-0.15, -0.1) is 0 Å². The molecule has 0 radical (unpaired) electrons. The number of rotatable bonds is 4. The molecule has 0 saturated carbocycles. The van der Waals surface area contributed by atoms with Gasteiger partial charge in [-0.1, -0.05) is 11.8 Å². The van der Waals surface area contributed by atoms with Crippen LogP contribution in [0.2, 0.25) is 0 Å². The Bertz CT molecular complexity index is 438. The van der Waals surface area contributed by atoms with E-state index in [1.54, 1.807) is 4.90 Å². The molecule has 7 nitrogen and oxygen atoms in total. The van der Waals surface area contributed by atoms with Crippen molar-refractivity contribution in [3.05, 3.63) is 0 Å². The SMILES string of the molecule is O=C(NCCCN1CCCC1=O)C(=O)NC1=NCCS1. The second-order valence-electron chi connectivity index (χ2n) is 4.58. The maximum Gasteiger partial charge on any atom is 0.315 e. The van der Waals surface area contributed by atoms with Crippen LogP contribution in [0.25, 0.3) is 0 Å². The highest BCUT2D eigenvalue weighted by Gasteiger charge is 2.20. The van der Waals surface area contributed by atoms with Crippen molar-refractivity contribution >= 4 is 34.7 Å². The minimum absolute atomic E-state index is 0.172. The molecule has 0 unspecified atom stereocenters. The molecule has 0 atom stereocenters. The minimum Gasteiger partial charge on any atom is -0.348 e. The Morgan fingerprint density at radius 1 is 1.35 bits per heavy atom. The van der Waals surface area contributed by atoms with E-state index in [-0.39, 0.29) is 5.91 Å². The van der Waals surface area contributed by atoms with Crippen molar-refractivity contribution in [2.75, 3.05) is 31.9 Å². The molecule has 0 bridgehead atoms. The lowest BCUT2D eigenvalue weighted by Gasteiger charge is -2.15. The lowest BCUT2D eigenvalue weighted by molar-refractivity contribution is -0.138. The Morgan fingerprint density at radius 2 is 2.20 bits per heavy atom. The summed E-state index contributed by atoms with van der Waals surface area (Å²) in [7, 11) is 0. The van der Waals surface area contributed by atoms with E-state index in [2.05, 4.69) is 15.6 Å². The van der Waals surface area contributed by atoms with E-state index in [0.717, 1.165) is 18.7 Å². The number of hydrogen-bond acceptors (Lipinski definition) is 5. The Kier molecular flexibility index (Phi) is 5.40. The smallest absolute Gasteiger partial charge is 0.315 e. The predicted octanol–water partition coefficient (Wildman–Crippen LogP) is -0.666. The number of likely N-dealkylation sites (tertiary alicyclic amines) is 1. The van der Waals surface area contributed by atoms with Gasteiger partial charge >= 0.3 is 11.8 Å². The molecule has 0 aromatic rings. The third-order valence-electron chi connectivity index (χ3n) is 3.07. The Morgan fingerprint density at radius 3 is 2.85 bits per heavy atom. The number of nitrogens with zero attached hydrogens (tertiary/aromatic N) is 2. The van der Waals surface area contributed by atoms with Crippen LogP contribution >= 0.6 is 11.8 Å². The van der Waals surface area contributed by atoms with Gasteiger partial charge in [-0.2, -0.15) is 0 Å². The van der Waals surface area contributed by atoms with Gasteiger partial charge in [0.25, 0.3) is 0 Å². The summed E-state index contributed by atoms with van der Waals surface area (Å²) in [6.07, 6.45) is 2.18. The average Bonchev–Trinajstić information content (AvgIpc) is 3.06. The topological polar surface area (TPSA) is 90.9 Å². The molecular weight excluding hydrogens is 280 g/mol. The largest absolute Gasteiger partial charge is 0.348 e. The van der Waals surface area contributed by atoms with E-state index in [9.17, 15) is 14.4 Å². The number of thioether (sulfide) groups is 1. The van der Waals surface area contributed by atoms with Crippen LogP contribution < -0.4 is 10.6 Å². The number of nitrogens with one attached hydrogen (secondary N) is 2. The van der Waals surface area contributed by atoms with E-state index < -0.39 is 11.8 Å². The summed E-state index contributed by atoms with van der Waals surface area (Å²) in [6.45, 7) is 2.48. The number of amides is 3. The van der Waals surface area contributed by atoms with Crippen molar-refractivity contribution in [3.63, 3.8) is 0 Å². The van der Waals surface area contributed by atoms with E-state index in [0.29, 0.717) is 37.6 Å². The first-order valence-corrected chi connectivity index (χ1v) is 7.69. The van der Waals surface area contributed by atoms with Gasteiger partial charge in [0.15, 0.2) is 5.17 Å². The van der Waals surface area contributed by atoms with Crippen molar-refractivity contribution in [2.24, 2.45) is 4.99 Å². The van der Waals surface area contributed by atoms with Gasteiger partial charge in [-0.25, -0.2) is 0 Å². The second-order valence-corrected chi connectivity index (χ2v) is 5.67. The van der Waals surface area contributed by atoms with Gasteiger partial charge < -0.3 is 10.2 Å². The second kappa shape index (κ2) is 7.28. The van der Waals surface area contributed by atoms with Crippen LogP contribution in [0.3, 0.4) is 0 Å². The highest BCUT2D eigenvalue weighted by molar-refractivity contribution is 8.14. The van der Waals surface area contributed by atoms with Crippen LogP contribution in [-0.4, -0.2) is 59.7 Å². The van der Waals surface area contributed by atoms with Crippen molar-refractivity contribution in [2.45, 2.75) is 19.3 Å². The first kappa shape index (κ1) is 14.8. The zero-order chi connectivity index (χ0) is 14.4. The van der Waals surface area contributed by atoms with Crippen LogP contribution in [0.15, 0.2) is 4.99 Å². The summed E-state index contributed by atoms with van der Waals surface area (Å²) in [5.41, 5.74) is 0. The van der Waals surface area contributed by atoms with Crippen LogP contribution in [-0.2, 0) is 14.4 Å². The van der Waals surface area contributed by atoms with Crippen LogP contribution in [0.1, 0.15) is 19.3 Å². The standard InChI is InChI=1S/C12H18N4O3S/c17-9-3-1-6-16(9)7-2-4-13-10(18)11(19)15-12-14-5-8-20-12/h1-8H2,(H,13,18)(H,14,15,19). The first-order chi connectivity index (χ1) is 9.66. The number of hydrogen-bond donors (Lipinski definition) is 2. The summed E-state index contributed by atoms with van der Waals surface area (Å²) in [6, 6.07) is 0. The number of carbonyl (C=O) groups excluding carboxylic acids is 3. The zero-order valence-corrected chi connectivity index (χ0v) is 12.0. The van der Waals surface area contributed by atoms with E-state index in [4.69, 9.17) is 0 Å². The van der Waals surface area contributed by atoms with Gasteiger partial charge in [0.2, 0.25) is 5.91 Å². The molecule has 2 heterocycles. The lowest BCUT2D eigenvalue weighted by atomic mass is 10.3. The molecular formula is C12H18N4O3S. The molecule has 0 spiro atoms. The van der Waals surface area contributed by atoms with Crippen molar-refractivity contribution in [3.8, 4) is 0 Å². The maximum atomic E-state index is 11.5. The fourth-order valence-electron chi connectivity index (χ4n) is 2.06. The fraction of sp³-hybridized carbons (Fsp3) is 0.667. The quantitative estimate of drug-likeness (QED) is 0.532. The molecule has 2 aliphatic rings. The molecule has 3 amide bonds. The van der Waals surface area contributed by atoms with Crippen LogP contribution in [0, 0.1) is 0 Å². The monoisotopic (exact) mass is 298 g/mol. The molecule has 1 fully saturated rings. The predicted molar refractivity (Wildman–Crippen MR) is 76.3 cm³/mol. The van der Waals surface area contributed by atoms with Gasteiger partial charge in [0, 0.05) is 31.8 Å². The number of aliphatic imine (C=N–C) groups is 1. The third kappa shape index (κ3) is 4.22. The minimum atomic E-state index is -0.685. The molecule has 0 aromatic carbocycles. The van der Waals surface area contributed by atoms with Gasteiger partial charge in [0.05, 0.1) is 6.54 Å². The van der Waals surface area contributed by atoms with Crippen molar-refractivity contribution in [1.82, 2.24) is 15.5 Å². The molecule has 1 saturated heterocycles.